The number of aryl methyl sites for hydroxylation is 1. The maximum atomic E-state index is 12.4. The maximum Gasteiger partial charge on any atom is 0.253 e. The molecule has 2 amide bonds. The van der Waals surface area contributed by atoms with Gasteiger partial charge in [0.25, 0.3) is 5.91 Å². The van der Waals surface area contributed by atoms with Crippen LogP contribution in [0.15, 0.2) is 48.1 Å². The number of carbonyl (C=O) groups excluding carboxylic acids is 2. The van der Waals surface area contributed by atoms with Crippen LogP contribution in [0.3, 0.4) is 0 Å². The van der Waals surface area contributed by atoms with Crippen molar-refractivity contribution in [1.82, 2.24) is 14.9 Å². The Balaban J connectivity index is 1.29. The van der Waals surface area contributed by atoms with Gasteiger partial charge in [-0.05, 0) is 51.3 Å². The van der Waals surface area contributed by atoms with Crippen molar-refractivity contribution in [3.63, 3.8) is 0 Å². The summed E-state index contributed by atoms with van der Waals surface area (Å²) in [6, 6.07) is 10.1. The summed E-state index contributed by atoms with van der Waals surface area (Å²) in [7, 11) is 0. The van der Waals surface area contributed by atoms with Gasteiger partial charge in [-0.15, -0.1) is 11.3 Å². The van der Waals surface area contributed by atoms with Crippen molar-refractivity contribution in [3.05, 3.63) is 59.2 Å². The van der Waals surface area contributed by atoms with Gasteiger partial charge >= 0.3 is 0 Å². The Morgan fingerprint density at radius 1 is 1.24 bits per heavy atom. The van der Waals surface area contributed by atoms with Crippen molar-refractivity contribution in [1.29, 1.82) is 0 Å². The van der Waals surface area contributed by atoms with Crippen molar-refractivity contribution < 1.29 is 14.3 Å². The van der Waals surface area contributed by atoms with Crippen LogP contribution >= 0.6 is 11.3 Å². The SMILES string of the molecule is CC(C)(C)n1ccc(C(=O)NCC(=O)Nc2nc(-c3cccc(CCC4COC4)c3)cs2)c1. The third-order valence-corrected chi connectivity index (χ3v) is 6.42. The van der Waals surface area contributed by atoms with E-state index in [0.717, 1.165) is 37.3 Å². The fourth-order valence-electron chi connectivity index (χ4n) is 3.55. The van der Waals surface area contributed by atoms with Gasteiger partial charge < -0.3 is 19.9 Å². The minimum absolute atomic E-state index is 0.108. The van der Waals surface area contributed by atoms with Gasteiger partial charge in [0.05, 0.1) is 31.0 Å². The molecule has 8 heteroatoms. The van der Waals surface area contributed by atoms with Crippen molar-refractivity contribution in [3.8, 4) is 11.3 Å². The van der Waals surface area contributed by atoms with Gasteiger partial charge in [-0.2, -0.15) is 0 Å². The summed E-state index contributed by atoms with van der Waals surface area (Å²) < 4.78 is 7.22. The molecule has 1 aromatic carbocycles. The second-order valence-electron chi connectivity index (χ2n) is 9.39. The van der Waals surface area contributed by atoms with Crippen LogP contribution in [-0.4, -0.2) is 41.1 Å². The van der Waals surface area contributed by atoms with E-state index >= 15 is 0 Å². The standard InChI is InChI=1S/C25H30N4O3S/c1-25(2,3)29-10-9-20(13-29)23(31)26-12-22(30)28-24-27-21(16-33-24)19-6-4-5-17(11-19)7-8-18-14-32-15-18/h4-6,9-11,13,16,18H,7-8,12,14-15H2,1-3H3,(H,26,31)(H,27,28,30). The molecule has 2 aromatic heterocycles. The van der Waals surface area contributed by atoms with Gasteiger partial charge in [-0.1, -0.05) is 18.2 Å². The number of nitrogens with one attached hydrogen (secondary N) is 2. The zero-order valence-electron chi connectivity index (χ0n) is 19.3. The van der Waals surface area contributed by atoms with Crippen LogP contribution in [0.5, 0.6) is 0 Å². The highest BCUT2D eigenvalue weighted by Gasteiger charge is 2.18. The lowest BCUT2D eigenvalue weighted by Gasteiger charge is -2.25. The maximum absolute atomic E-state index is 12.4. The number of amides is 2. The highest BCUT2D eigenvalue weighted by molar-refractivity contribution is 7.14. The monoisotopic (exact) mass is 466 g/mol. The molecule has 1 aliphatic rings. The first kappa shape index (κ1) is 23.2. The summed E-state index contributed by atoms with van der Waals surface area (Å²) >= 11 is 1.37. The smallest absolute Gasteiger partial charge is 0.253 e. The first-order valence-electron chi connectivity index (χ1n) is 11.2. The summed E-state index contributed by atoms with van der Waals surface area (Å²) in [5.74, 6) is 0.0860. The van der Waals surface area contributed by atoms with Crippen molar-refractivity contribution in [2.75, 3.05) is 25.1 Å². The largest absolute Gasteiger partial charge is 0.381 e. The molecular weight excluding hydrogens is 436 g/mol. The molecule has 0 radical (unpaired) electrons. The molecule has 4 rings (SSSR count). The molecule has 174 valence electrons. The van der Waals surface area contributed by atoms with Gasteiger partial charge in [0.2, 0.25) is 5.91 Å². The topological polar surface area (TPSA) is 85.3 Å². The van der Waals surface area contributed by atoms with Crippen molar-refractivity contribution in [2.24, 2.45) is 5.92 Å². The lowest BCUT2D eigenvalue weighted by Crippen LogP contribution is -2.32. The Labute approximate surface area is 198 Å². The number of nitrogens with zero attached hydrogens (tertiary/aromatic N) is 2. The van der Waals surface area contributed by atoms with Gasteiger partial charge in [0.15, 0.2) is 5.13 Å². The molecular formula is C25H30N4O3S. The normalized spacial score (nSPS) is 14.0. The first-order chi connectivity index (χ1) is 15.8. The van der Waals surface area contributed by atoms with Crippen molar-refractivity contribution in [2.45, 2.75) is 39.2 Å². The summed E-state index contributed by atoms with van der Waals surface area (Å²) in [6.45, 7) is 7.81. The number of thiazole rings is 1. The molecule has 1 aliphatic heterocycles. The van der Waals surface area contributed by atoms with Crippen LogP contribution in [0.2, 0.25) is 0 Å². The number of carbonyl (C=O) groups is 2. The lowest BCUT2D eigenvalue weighted by molar-refractivity contribution is -0.115. The van der Waals surface area contributed by atoms with Crippen LogP contribution in [0.4, 0.5) is 5.13 Å². The summed E-state index contributed by atoms with van der Waals surface area (Å²) in [5, 5.41) is 7.89. The number of hydrogen-bond donors (Lipinski definition) is 2. The van der Waals surface area contributed by atoms with E-state index in [4.69, 9.17) is 4.74 Å². The second kappa shape index (κ2) is 9.89. The van der Waals surface area contributed by atoms with Crippen LogP contribution in [-0.2, 0) is 21.5 Å². The highest BCUT2D eigenvalue weighted by atomic mass is 32.1. The molecule has 33 heavy (non-hydrogen) atoms. The molecule has 3 heterocycles. The molecule has 0 unspecified atom stereocenters. The molecule has 2 N–H and O–H groups in total. The van der Waals surface area contributed by atoms with E-state index in [1.165, 1.54) is 16.9 Å². The Bertz CT molecular complexity index is 1120. The van der Waals surface area contributed by atoms with E-state index in [-0.39, 0.29) is 23.9 Å². The van der Waals surface area contributed by atoms with E-state index in [0.29, 0.717) is 16.6 Å². The molecule has 0 aliphatic carbocycles. The number of benzene rings is 1. The second-order valence-corrected chi connectivity index (χ2v) is 10.2. The molecule has 0 saturated carbocycles. The molecule has 0 spiro atoms. The predicted octanol–water partition coefficient (Wildman–Crippen LogP) is 4.31. The fraction of sp³-hybridized carbons (Fsp3) is 0.400. The first-order valence-corrected chi connectivity index (χ1v) is 12.0. The Morgan fingerprint density at radius 2 is 2.06 bits per heavy atom. The van der Waals surface area contributed by atoms with E-state index < -0.39 is 0 Å². The van der Waals surface area contributed by atoms with E-state index in [1.807, 2.05) is 28.3 Å². The van der Waals surface area contributed by atoms with Crippen LogP contribution in [0.25, 0.3) is 11.3 Å². The van der Waals surface area contributed by atoms with Gasteiger partial charge in [0.1, 0.15) is 0 Å². The number of anilines is 1. The summed E-state index contributed by atoms with van der Waals surface area (Å²) in [5.41, 5.74) is 3.56. The predicted molar refractivity (Wildman–Crippen MR) is 131 cm³/mol. The number of ether oxygens (including phenoxy) is 1. The molecule has 3 aromatic rings. The number of aromatic nitrogens is 2. The number of rotatable bonds is 8. The average molecular weight is 467 g/mol. The molecule has 1 fully saturated rings. The number of hydrogen-bond acceptors (Lipinski definition) is 5. The van der Waals surface area contributed by atoms with Crippen molar-refractivity contribution >= 4 is 28.3 Å². The molecule has 1 saturated heterocycles. The van der Waals surface area contributed by atoms with E-state index in [2.05, 4.69) is 48.5 Å². The summed E-state index contributed by atoms with van der Waals surface area (Å²) in [6.07, 6.45) is 5.81. The third kappa shape index (κ3) is 6.09. The van der Waals surface area contributed by atoms with Gasteiger partial charge in [0, 0.05) is 34.8 Å². The average Bonchev–Trinajstić information content (AvgIpc) is 3.41. The van der Waals surface area contributed by atoms with Crippen LogP contribution in [0, 0.1) is 5.92 Å². The highest BCUT2D eigenvalue weighted by Crippen LogP contribution is 2.26. The molecule has 7 nitrogen and oxygen atoms in total. The van der Waals surface area contributed by atoms with Crippen LogP contribution < -0.4 is 10.6 Å². The molecule has 0 atom stereocenters. The quantitative estimate of drug-likeness (QED) is 0.518. The fourth-order valence-corrected chi connectivity index (χ4v) is 4.28. The zero-order chi connectivity index (χ0) is 23.4. The Hall–Kier alpha value is -2.97. The molecule has 0 bridgehead atoms. The third-order valence-electron chi connectivity index (χ3n) is 5.66. The van der Waals surface area contributed by atoms with Gasteiger partial charge in [-0.3, -0.25) is 9.59 Å². The minimum Gasteiger partial charge on any atom is -0.381 e. The van der Waals surface area contributed by atoms with E-state index in [1.54, 1.807) is 12.3 Å². The Morgan fingerprint density at radius 3 is 2.76 bits per heavy atom. The van der Waals surface area contributed by atoms with Crippen LogP contribution in [0.1, 0.15) is 43.1 Å². The minimum atomic E-state index is -0.309. The van der Waals surface area contributed by atoms with E-state index in [9.17, 15) is 9.59 Å². The van der Waals surface area contributed by atoms with Gasteiger partial charge in [-0.25, -0.2) is 4.98 Å². The Kier molecular flexibility index (Phi) is 6.95. The zero-order valence-corrected chi connectivity index (χ0v) is 20.1. The lowest BCUT2D eigenvalue weighted by atomic mass is 9.97. The summed E-state index contributed by atoms with van der Waals surface area (Å²) in [4.78, 5) is 29.2.